The number of nitrogens with zero attached hydrogens (tertiary/aromatic N) is 2. The first kappa shape index (κ1) is 14.8. The molecule has 0 spiro atoms. The van der Waals surface area contributed by atoms with Gasteiger partial charge in [-0.2, -0.15) is 0 Å². The van der Waals surface area contributed by atoms with Gasteiger partial charge in [-0.3, -0.25) is 0 Å². The number of ether oxygens (including phenoxy) is 1. The summed E-state index contributed by atoms with van der Waals surface area (Å²) in [6, 6.07) is 12.4. The summed E-state index contributed by atoms with van der Waals surface area (Å²) in [5.74, 6) is 2.46. The Balaban J connectivity index is 2.09. The second-order valence-corrected chi connectivity index (χ2v) is 5.24. The molecule has 106 valence electrons. The first-order valence-electron chi connectivity index (χ1n) is 6.59. The molecule has 4 nitrogen and oxygen atoms in total. The van der Waals surface area contributed by atoms with E-state index in [4.69, 9.17) is 4.74 Å². The zero-order chi connectivity index (χ0) is 14.2. The molecule has 2 aromatic rings. The smallest absolute Gasteiger partial charge is 0.157 e. The zero-order valence-corrected chi connectivity index (χ0v) is 12.6. The quantitative estimate of drug-likeness (QED) is 0.625. The maximum atomic E-state index is 5.12. The van der Waals surface area contributed by atoms with Gasteiger partial charge in [-0.15, -0.1) is 11.8 Å². The van der Waals surface area contributed by atoms with Crippen molar-refractivity contribution in [3.63, 3.8) is 0 Å². The van der Waals surface area contributed by atoms with Crippen LogP contribution < -0.4 is 5.32 Å². The van der Waals surface area contributed by atoms with Gasteiger partial charge < -0.3 is 10.1 Å². The van der Waals surface area contributed by atoms with E-state index in [0.29, 0.717) is 12.4 Å². The minimum Gasteiger partial charge on any atom is -0.377 e. The lowest BCUT2D eigenvalue weighted by atomic mass is 10.2. The van der Waals surface area contributed by atoms with Crippen LogP contribution in [0.2, 0.25) is 0 Å². The molecule has 0 amide bonds. The van der Waals surface area contributed by atoms with Gasteiger partial charge in [0.2, 0.25) is 0 Å². The van der Waals surface area contributed by atoms with Crippen LogP contribution in [0.5, 0.6) is 0 Å². The fraction of sp³-hybridized carbons (Fsp3) is 0.333. The zero-order valence-electron chi connectivity index (χ0n) is 11.8. The van der Waals surface area contributed by atoms with E-state index in [2.05, 4.69) is 46.5 Å². The van der Waals surface area contributed by atoms with Crippen LogP contribution in [0, 0.1) is 0 Å². The molecule has 0 atom stereocenters. The summed E-state index contributed by atoms with van der Waals surface area (Å²) in [6.45, 7) is 3.32. The molecule has 0 aliphatic heterocycles. The third-order valence-corrected chi connectivity index (χ3v) is 3.59. The van der Waals surface area contributed by atoms with E-state index < -0.39 is 0 Å². The Labute approximate surface area is 124 Å². The molecule has 0 aliphatic carbocycles. The summed E-state index contributed by atoms with van der Waals surface area (Å²) in [5, 5.41) is 4.19. The van der Waals surface area contributed by atoms with Crippen LogP contribution in [0.4, 0.5) is 5.82 Å². The molecule has 1 N–H and O–H groups in total. The molecule has 0 unspecified atom stereocenters. The number of aromatic nitrogens is 2. The largest absolute Gasteiger partial charge is 0.377 e. The third kappa shape index (κ3) is 4.51. The molecule has 1 aromatic carbocycles. The molecule has 0 saturated heterocycles. The lowest BCUT2D eigenvalue weighted by Crippen LogP contribution is -2.05. The highest BCUT2D eigenvalue weighted by atomic mass is 32.2. The number of benzene rings is 1. The second-order valence-electron chi connectivity index (χ2n) is 4.25. The molecule has 1 heterocycles. The Morgan fingerprint density at radius 2 is 2.00 bits per heavy atom. The highest BCUT2D eigenvalue weighted by molar-refractivity contribution is 7.98. The fourth-order valence-electron chi connectivity index (χ4n) is 1.74. The monoisotopic (exact) mass is 289 g/mol. The van der Waals surface area contributed by atoms with Gasteiger partial charge in [-0.1, -0.05) is 30.3 Å². The van der Waals surface area contributed by atoms with Gasteiger partial charge in [0.25, 0.3) is 0 Å². The highest BCUT2D eigenvalue weighted by Crippen LogP contribution is 2.23. The Bertz CT molecular complexity index is 510. The number of methoxy groups -OCH3 is 1. The maximum absolute atomic E-state index is 5.12. The average Bonchev–Trinajstić information content (AvgIpc) is 2.47. The SMILES string of the molecule is CCNc1cc(SCc2ccccc2)nc(COC)n1. The van der Waals surface area contributed by atoms with Crippen molar-refractivity contribution in [2.24, 2.45) is 0 Å². The Morgan fingerprint density at radius 3 is 2.70 bits per heavy atom. The standard InChI is InChI=1S/C15H19N3OS/c1-3-16-13-9-15(18-14(17-13)10-19-2)20-11-12-7-5-4-6-8-12/h4-9H,3,10-11H2,1-2H3,(H,16,17,18). The molecule has 0 fully saturated rings. The Hall–Kier alpha value is -1.59. The van der Waals surface area contributed by atoms with E-state index in [1.165, 1.54) is 5.56 Å². The van der Waals surface area contributed by atoms with Gasteiger partial charge in [0, 0.05) is 25.5 Å². The summed E-state index contributed by atoms with van der Waals surface area (Å²) >= 11 is 1.71. The summed E-state index contributed by atoms with van der Waals surface area (Å²) in [7, 11) is 1.65. The first-order valence-corrected chi connectivity index (χ1v) is 7.58. The predicted octanol–water partition coefficient (Wildman–Crippen LogP) is 3.35. The number of hydrogen-bond acceptors (Lipinski definition) is 5. The predicted molar refractivity (Wildman–Crippen MR) is 82.9 cm³/mol. The molecule has 5 heteroatoms. The molecular formula is C15H19N3OS. The van der Waals surface area contributed by atoms with E-state index in [-0.39, 0.29) is 0 Å². The Kier molecular flexibility index (Phi) is 5.83. The van der Waals surface area contributed by atoms with Crippen molar-refractivity contribution in [3.8, 4) is 0 Å². The van der Waals surface area contributed by atoms with Gasteiger partial charge in [0.15, 0.2) is 5.82 Å². The minimum absolute atomic E-state index is 0.429. The highest BCUT2D eigenvalue weighted by Gasteiger charge is 2.05. The van der Waals surface area contributed by atoms with Crippen LogP contribution in [0.1, 0.15) is 18.3 Å². The molecule has 1 aromatic heterocycles. The van der Waals surface area contributed by atoms with E-state index in [9.17, 15) is 0 Å². The first-order chi connectivity index (χ1) is 9.81. The number of thioether (sulfide) groups is 1. The summed E-state index contributed by atoms with van der Waals surface area (Å²) in [5.41, 5.74) is 1.29. The second kappa shape index (κ2) is 7.87. The normalized spacial score (nSPS) is 10.5. The Morgan fingerprint density at radius 1 is 1.20 bits per heavy atom. The molecule has 0 aliphatic rings. The van der Waals surface area contributed by atoms with Gasteiger partial charge >= 0.3 is 0 Å². The summed E-state index contributed by atoms with van der Waals surface area (Å²) < 4.78 is 5.12. The van der Waals surface area contributed by atoms with Gasteiger partial charge in [0.05, 0.1) is 0 Å². The lowest BCUT2D eigenvalue weighted by Gasteiger charge is -2.08. The molecule has 20 heavy (non-hydrogen) atoms. The van der Waals surface area contributed by atoms with Crippen molar-refractivity contribution in [2.75, 3.05) is 19.0 Å². The summed E-state index contributed by atoms with van der Waals surface area (Å²) in [4.78, 5) is 8.91. The molecule has 0 saturated carbocycles. The van der Waals surface area contributed by atoms with Crippen LogP contribution in [0.3, 0.4) is 0 Å². The molecular weight excluding hydrogens is 270 g/mol. The maximum Gasteiger partial charge on any atom is 0.157 e. The van der Waals surface area contributed by atoms with Crippen LogP contribution >= 0.6 is 11.8 Å². The van der Waals surface area contributed by atoms with Crippen LogP contribution in [-0.2, 0) is 17.1 Å². The van der Waals surface area contributed by atoms with E-state index in [0.717, 1.165) is 23.1 Å². The van der Waals surface area contributed by atoms with Crippen molar-refractivity contribution >= 4 is 17.6 Å². The lowest BCUT2D eigenvalue weighted by molar-refractivity contribution is 0.177. The van der Waals surface area contributed by atoms with Crippen molar-refractivity contribution < 1.29 is 4.74 Å². The van der Waals surface area contributed by atoms with Gasteiger partial charge in [-0.05, 0) is 12.5 Å². The van der Waals surface area contributed by atoms with E-state index in [1.807, 2.05) is 12.1 Å². The number of hydrogen-bond donors (Lipinski definition) is 1. The van der Waals surface area contributed by atoms with Crippen LogP contribution in [0.15, 0.2) is 41.4 Å². The number of anilines is 1. The van der Waals surface area contributed by atoms with Crippen LogP contribution in [-0.4, -0.2) is 23.6 Å². The number of nitrogens with one attached hydrogen (secondary N) is 1. The van der Waals surface area contributed by atoms with Crippen molar-refractivity contribution in [3.05, 3.63) is 47.8 Å². The van der Waals surface area contributed by atoms with Gasteiger partial charge in [-0.25, -0.2) is 9.97 Å². The third-order valence-electron chi connectivity index (χ3n) is 2.61. The number of rotatable bonds is 7. The van der Waals surface area contributed by atoms with Crippen molar-refractivity contribution in [1.82, 2.24) is 9.97 Å². The molecule has 0 radical (unpaired) electrons. The van der Waals surface area contributed by atoms with E-state index >= 15 is 0 Å². The average molecular weight is 289 g/mol. The van der Waals surface area contributed by atoms with E-state index in [1.54, 1.807) is 18.9 Å². The molecule has 2 rings (SSSR count). The van der Waals surface area contributed by atoms with Crippen molar-refractivity contribution in [2.45, 2.75) is 24.3 Å². The van der Waals surface area contributed by atoms with Crippen molar-refractivity contribution in [1.29, 1.82) is 0 Å². The van der Waals surface area contributed by atoms with Gasteiger partial charge in [0.1, 0.15) is 17.5 Å². The molecule has 0 bridgehead atoms. The summed E-state index contributed by atoms with van der Waals surface area (Å²) in [6.07, 6.45) is 0. The topological polar surface area (TPSA) is 47.0 Å². The van der Waals surface area contributed by atoms with Crippen LogP contribution in [0.25, 0.3) is 0 Å². The fourth-order valence-corrected chi connectivity index (χ4v) is 2.62. The minimum atomic E-state index is 0.429.